The van der Waals surface area contributed by atoms with E-state index in [9.17, 15) is 0 Å². The molecule has 0 unspecified atom stereocenters. The Morgan fingerprint density at radius 3 is 2.74 bits per heavy atom. The van der Waals surface area contributed by atoms with E-state index in [1.807, 2.05) is 6.07 Å². The standard InChI is InChI=1S/C13H18ClN5/c1-9(2)10-3-5-18(6-4-10)12-7-11(14)17-13-15-8-16-19(12)13/h7-10H,3-6H2,1-2H3. The van der Waals surface area contributed by atoms with Crippen LogP contribution >= 0.6 is 11.6 Å². The van der Waals surface area contributed by atoms with Crippen molar-refractivity contribution in [1.82, 2.24) is 19.6 Å². The molecule has 2 aromatic rings. The SMILES string of the molecule is CC(C)C1CCN(c2cc(Cl)nc3ncnn23)CC1. The molecule has 6 heteroatoms. The first-order chi connectivity index (χ1) is 9.15. The minimum absolute atomic E-state index is 0.474. The Morgan fingerprint density at radius 1 is 1.32 bits per heavy atom. The highest BCUT2D eigenvalue weighted by molar-refractivity contribution is 6.29. The Labute approximate surface area is 117 Å². The number of halogens is 1. The average Bonchev–Trinajstić information content (AvgIpc) is 2.85. The van der Waals surface area contributed by atoms with E-state index in [4.69, 9.17) is 11.6 Å². The number of anilines is 1. The van der Waals surface area contributed by atoms with Crippen LogP contribution < -0.4 is 4.90 Å². The average molecular weight is 280 g/mol. The molecule has 0 aliphatic carbocycles. The minimum Gasteiger partial charge on any atom is -0.356 e. The molecule has 1 aliphatic heterocycles. The van der Waals surface area contributed by atoms with E-state index < -0.39 is 0 Å². The zero-order chi connectivity index (χ0) is 13.4. The summed E-state index contributed by atoms with van der Waals surface area (Å²) in [5.41, 5.74) is 0. The number of rotatable bonds is 2. The van der Waals surface area contributed by atoms with Crippen LogP contribution in [-0.4, -0.2) is 32.7 Å². The molecule has 19 heavy (non-hydrogen) atoms. The molecule has 1 fully saturated rings. The number of hydrogen-bond donors (Lipinski definition) is 0. The predicted molar refractivity (Wildman–Crippen MR) is 75.6 cm³/mol. The zero-order valence-corrected chi connectivity index (χ0v) is 12.0. The van der Waals surface area contributed by atoms with Crippen molar-refractivity contribution in [2.24, 2.45) is 11.8 Å². The molecule has 102 valence electrons. The fourth-order valence-corrected chi connectivity index (χ4v) is 2.96. The summed E-state index contributed by atoms with van der Waals surface area (Å²) < 4.78 is 1.77. The molecule has 3 rings (SSSR count). The van der Waals surface area contributed by atoms with E-state index in [-0.39, 0.29) is 0 Å². The van der Waals surface area contributed by atoms with Crippen LogP contribution in [0.4, 0.5) is 5.82 Å². The number of hydrogen-bond acceptors (Lipinski definition) is 4. The summed E-state index contributed by atoms with van der Waals surface area (Å²) in [5.74, 6) is 3.14. The Morgan fingerprint density at radius 2 is 2.05 bits per heavy atom. The van der Waals surface area contributed by atoms with Crippen molar-refractivity contribution in [1.29, 1.82) is 0 Å². The molecular weight excluding hydrogens is 262 g/mol. The van der Waals surface area contributed by atoms with E-state index >= 15 is 0 Å². The van der Waals surface area contributed by atoms with Gasteiger partial charge in [0.2, 0.25) is 0 Å². The third-order valence-electron chi connectivity index (χ3n) is 4.01. The summed E-state index contributed by atoms with van der Waals surface area (Å²) >= 11 is 6.06. The van der Waals surface area contributed by atoms with E-state index in [1.165, 1.54) is 19.2 Å². The maximum absolute atomic E-state index is 6.06. The first-order valence-electron chi connectivity index (χ1n) is 6.76. The van der Waals surface area contributed by atoms with Crippen LogP contribution in [0.2, 0.25) is 5.15 Å². The second kappa shape index (κ2) is 4.96. The van der Waals surface area contributed by atoms with Crippen LogP contribution in [0.15, 0.2) is 12.4 Å². The second-order valence-corrected chi connectivity index (χ2v) is 5.86. The number of aromatic nitrogens is 4. The van der Waals surface area contributed by atoms with Gasteiger partial charge in [0.15, 0.2) is 0 Å². The summed E-state index contributed by atoms with van der Waals surface area (Å²) in [6.07, 6.45) is 3.95. The quantitative estimate of drug-likeness (QED) is 0.793. The highest BCUT2D eigenvalue weighted by atomic mass is 35.5. The summed E-state index contributed by atoms with van der Waals surface area (Å²) in [6, 6.07) is 1.87. The Kier molecular flexibility index (Phi) is 3.31. The van der Waals surface area contributed by atoms with Crippen molar-refractivity contribution in [3.05, 3.63) is 17.5 Å². The van der Waals surface area contributed by atoms with Crippen molar-refractivity contribution in [3.8, 4) is 0 Å². The first-order valence-corrected chi connectivity index (χ1v) is 7.14. The van der Waals surface area contributed by atoms with Crippen molar-refractivity contribution in [3.63, 3.8) is 0 Å². The molecule has 3 heterocycles. The van der Waals surface area contributed by atoms with Gasteiger partial charge in [-0.2, -0.15) is 19.6 Å². The maximum atomic E-state index is 6.06. The van der Waals surface area contributed by atoms with Gasteiger partial charge in [-0.25, -0.2) is 0 Å². The molecule has 0 spiro atoms. The van der Waals surface area contributed by atoms with Gasteiger partial charge in [-0.1, -0.05) is 25.4 Å². The van der Waals surface area contributed by atoms with Crippen LogP contribution in [0.5, 0.6) is 0 Å². The van der Waals surface area contributed by atoms with E-state index in [1.54, 1.807) is 4.52 Å². The smallest absolute Gasteiger partial charge is 0.255 e. The van der Waals surface area contributed by atoms with Crippen LogP contribution in [0.25, 0.3) is 5.78 Å². The van der Waals surface area contributed by atoms with Crippen molar-refractivity contribution < 1.29 is 0 Å². The summed E-state index contributed by atoms with van der Waals surface area (Å²) in [7, 11) is 0. The van der Waals surface area contributed by atoms with Crippen molar-refractivity contribution in [2.45, 2.75) is 26.7 Å². The lowest BCUT2D eigenvalue weighted by atomic mass is 9.87. The summed E-state index contributed by atoms with van der Waals surface area (Å²) in [6.45, 7) is 6.69. The Balaban J connectivity index is 1.87. The molecule has 0 bridgehead atoms. The molecule has 0 radical (unpaired) electrons. The lowest BCUT2D eigenvalue weighted by molar-refractivity contribution is 0.310. The van der Waals surface area contributed by atoms with Gasteiger partial charge in [-0.05, 0) is 24.7 Å². The molecule has 0 N–H and O–H groups in total. The van der Waals surface area contributed by atoms with Gasteiger partial charge in [0.05, 0.1) is 0 Å². The third-order valence-corrected chi connectivity index (χ3v) is 4.20. The molecule has 1 saturated heterocycles. The normalized spacial score (nSPS) is 17.6. The Hall–Kier alpha value is -1.36. The number of fused-ring (bicyclic) bond motifs is 1. The lowest BCUT2D eigenvalue weighted by Gasteiger charge is -2.35. The topological polar surface area (TPSA) is 46.3 Å². The monoisotopic (exact) mass is 279 g/mol. The van der Waals surface area contributed by atoms with E-state index in [2.05, 4.69) is 33.8 Å². The van der Waals surface area contributed by atoms with Crippen molar-refractivity contribution >= 4 is 23.2 Å². The summed E-state index contributed by atoms with van der Waals surface area (Å²) in [5, 5.41) is 4.71. The first kappa shape index (κ1) is 12.7. The highest BCUT2D eigenvalue weighted by Gasteiger charge is 2.23. The molecule has 0 saturated carbocycles. The van der Waals surface area contributed by atoms with Gasteiger partial charge in [-0.3, -0.25) is 0 Å². The maximum Gasteiger partial charge on any atom is 0.255 e. The van der Waals surface area contributed by atoms with Gasteiger partial charge >= 0.3 is 0 Å². The number of piperidine rings is 1. The molecule has 2 aromatic heterocycles. The molecule has 0 aromatic carbocycles. The minimum atomic E-state index is 0.474. The van der Waals surface area contributed by atoms with Gasteiger partial charge in [0, 0.05) is 19.2 Å². The van der Waals surface area contributed by atoms with Crippen molar-refractivity contribution in [2.75, 3.05) is 18.0 Å². The zero-order valence-electron chi connectivity index (χ0n) is 11.3. The largest absolute Gasteiger partial charge is 0.356 e. The van der Waals surface area contributed by atoms with E-state index in [0.717, 1.165) is 30.7 Å². The fraction of sp³-hybridized carbons (Fsp3) is 0.615. The van der Waals surface area contributed by atoms with E-state index in [0.29, 0.717) is 10.9 Å². The van der Waals surface area contributed by atoms with Crippen LogP contribution in [-0.2, 0) is 0 Å². The molecule has 0 amide bonds. The van der Waals surface area contributed by atoms with Gasteiger partial charge < -0.3 is 4.90 Å². The summed E-state index contributed by atoms with van der Waals surface area (Å²) in [4.78, 5) is 10.6. The number of nitrogens with zero attached hydrogens (tertiary/aromatic N) is 5. The highest BCUT2D eigenvalue weighted by Crippen LogP contribution is 2.28. The van der Waals surface area contributed by atoms with Crippen LogP contribution in [0.1, 0.15) is 26.7 Å². The third kappa shape index (κ3) is 2.39. The van der Waals surface area contributed by atoms with Crippen LogP contribution in [0, 0.1) is 11.8 Å². The van der Waals surface area contributed by atoms with Crippen LogP contribution in [0.3, 0.4) is 0 Å². The molecule has 5 nitrogen and oxygen atoms in total. The molecule has 0 atom stereocenters. The fourth-order valence-electron chi connectivity index (χ4n) is 2.79. The van der Waals surface area contributed by atoms with Gasteiger partial charge in [0.25, 0.3) is 5.78 Å². The van der Waals surface area contributed by atoms with Gasteiger partial charge in [-0.15, -0.1) is 0 Å². The Bertz CT molecular complexity index is 571. The molecule has 1 aliphatic rings. The van der Waals surface area contributed by atoms with Gasteiger partial charge in [0.1, 0.15) is 17.3 Å². The second-order valence-electron chi connectivity index (χ2n) is 5.48. The lowest BCUT2D eigenvalue weighted by Crippen LogP contribution is -2.36. The predicted octanol–water partition coefficient (Wildman–Crippen LogP) is 2.65. The molecular formula is C13H18ClN5.